The largest absolute Gasteiger partial charge is 0.416 e. The highest BCUT2D eigenvalue weighted by Crippen LogP contribution is 2.37. The third kappa shape index (κ3) is 2.78. The molecule has 1 aliphatic rings. The monoisotopic (exact) mass is 350 g/mol. The summed E-state index contributed by atoms with van der Waals surface area (Å²) in [5.74, 6) is 0.535. The molecule has 2 aromatic heterocycles. The molecule has 25 heavy (non-hydrogen) atoms. The van der Waals surface area contributed by atoms with Gasteiger partial charge in [-0.15, -0.1) is 5.10 Å². The van der Waals surface area contributed by atoms with Crippen molar-refractivity contribution in [2.45, 2.75) is 31.0 Å². The van der Waals surface area contributed by atoms with Crippen molar-refractivity contribution in [3.05, 3.63) is 41.9 Å². The average molecular weight is 350 g/mol. The molecule has 0 amide bonds. The average Bonchev–Trinajstić information content (AvgIpc) is 3.21. The molecule has 7 nitrogen and oxygen atoms in total. The molecule has 2 heterocycles. The summed E-state index contributed by atoms with van der Waals surface area (Å²) >= 11 is 0. The van der Waals surface area contributed by atoms with E-state index in [1.165, 1.54) is 23.0 Å². The van der Waals surface area contributed by atoms with E-state index in [-0.39, 0.29) is 17.3 Å². The lowest BCUT2D eigenvalue weighted by atomic mass is 9.77. The van der Waals surface area contributed by atoms with Crippen molar-refractivity contribution in [3.8, 4) is 17.3 Å². The fourth-order valence-electron chi connectivity index (χ4n) is 2.62. The predicted molar refractivity (Wildman–Crippen MR) is 79.4 cm³/mol. The van der Waals surface area contributed by atoms with Gasteiger partial charge >= 0.3 is 6.18 Å². The minimum atomic E-state index is -4.43. The van der Waals surface area contributed by atoms with Crippen LogP contribution in [0, 0.1) is 0 Å². The number of halogens is 3. The minimum absolute atomic E-state index is 0.130. The number of hydrogen-bond donors (Lipinski definition) is 1. The molecule has 10 heteroatoms. The number of rotatable bonds is 3. The molecule has 0 bridgehead atoms. The van der Waals surface area contributed by atoms with Crippen LogP contribution in [0.3, 0.4) is 0 Å². The zero-order valence-electron chi connectivity index (χ0n) is 12.9. The lowest BCUT2D eigenvalue weighted by Gasteiger charge is -2.34. The van der Waals surface area contributed by atoms with E-state index in [1.54, 1.807) is 0 Å². The first-order valence-corrected chi connectivity index (χ1v) is 7.59. The topological polar surface area (TPSA) is 95.7 Å². The summed E-state index contributed by atoms with van der Waals surface area (Å²) < 4.78 is 44.8. The van der Waals surface area contributed by atoms with E-state index >= 15 is 0 Å². The SMILES string of the molecule is NC1(c2noc(-c3cn(-c4cccc(C(F)(F)F)c4)nn3)n2)CCC1. The summed E-state index contributed by atoms with van der Waals surface area (Å²) in [4.78, 5) is 4.24. The van der Waals surface area contributed by atoms with Gasteiger partial charge in [-0.3, -0.25) is 0 Å². The Labute approximate surface area is 139 Å². The fourth-order valence-corrected chi connectivity index (χ4v) is 2.62. The number of nitrogens with zero attached hydrogens (tertiary/aromatic N) is 5. The van der Waals surface area contributed by atoms with Gasteiger partial charge in [-0.1, -0.05) is 16.4 Å². The van der Waals surface area contributed by atoms with Crippen LogP contribution in [0.25, 0.3) is 17.3 Å². The van der Waals surface area contributed by atoms with Crippen LogP contribution in [0.5, 0.6) is 0 Å². The summed E-state index contributed by atoms with van der Waals surface area (Å²) in [5.41, 5.74) is 5.29. The van der Waals surface area contributed by atoms with E-state index in [0.717, 1.165) is 31.4 Å². The van der Waals surface area contributed by atoms with Gasteiger partial charge in [0.15, 0.2) is 11.5 Å². The van der Waals surface area contributed by atoms with E-state index in [9.17, 15) is 13.2 Å². The summed E-state index contributed by atoms with van der Waals surface area (Å²) in [6.07, 6.45) is -0.437. The Kier molecular flexibility index (Phi) is 3.39. The van der Waals surface area contributed by atoms with E-state index in [2.05, 4.69) is 20.5 Å². The first-order valence-electron chi connectivity index (χ1n) is 7.59. The molecule has 0 radical (unpaired) electrons. The van der Waals surface area contributed by atoms with E-state index in [1.807, 2.05) is 0 Å². The molecule has 1 aliphatic carbocycles. The minimum Gasteiger partial charge on any atom is -0.332 e. The van der Waals surface area contributed by atoms with Crippen LogP contribution in [0.4, 0.5) is 13.2 Å². The second kappa shape index (κ2) is 5.38. The molecule has 0 aliphatic heterocycles. The van der Waals surface area contributed by atoms with Crippen LogP contribution in [-0.4, -0.2) is 25.1 Å². The molecule has 130 valence electrons. The maximum Gasteiger partial charge on any atom is 0.416 e. The normalized spacial score (nSPS) is 16.6. The Balaban J connectivity index is 1.63. The lowest BCUT2D eigenvalue weighted by Crippen LogP contribution is -2.44. The van der Waals surface area contributed by atoms with E-state index in [0.29, 0.717) is 5.82 Å². The van der Waals surface area contributed by atoms with Crippen LogP contribution < -0.4 is 5.73 Å². The van der Waals surface area contributed by atoms with E-state index in [4.69, 9.17) is 10.3 Å². The molecular formula is C15H13F3N6O. The molecule has 2 N–H and O–H groups in total. The van der Waals surface area contributed by atoms with Crippen LogP contribution >= 0.6 is 0 Å². The number of benzene rings is 1. The van der Waals surface area contributed by atoms with E-state index < -0.39 is 17.3 Å². The van der Waals surface area contributed by atoms with Gasteiger partial charge in [0.05, 0.1) is 23.0 Å². The van der Waals surface area contributed by atoms with Gasteiger partial charge < -0.3 is 10.3 Å². The second-order valence-corrected chi connectivity index (χ2v) is 6.03. The summed E-state index contributed by atoms with van der Waals surface area (Å²) in [6.45, 7) is 0. The molecular weight excluding hydrogens is 337 g/mol. The molecule has 1 fully saturated rings. The highest BCUT2D eigenvalue weighted by molar-refractivity contribution is 5.46. The van der Waals surface area contributed by atoms with Gasteiger partial charge in [0.1, 0.15) is 0 Å². The number of alkyl halides is 3. The van der Waals surface area contributed by atoms with Crippen molar-refractivity contribution in [1.29, 1.82) is 0 Å². The Morgan fingerprint density at radius 3 is 2.72 bits per heavy atom. The van der Waals surface area contributed by atoms with Gasteiger partial charge in [-0.05, 0) is 37.5 Å². The Morgan fingerprint density at radius 1 is 1.24 bits per heavy atom. The first kappa shape index (κ1) is 15.8. The Bertz CT molecular complexity index is 912. The molecule has 4 rings (SSSR count). The van der Waals surface area contributed by atoms with Crippen LogP contribution in [0.1, 0.15) is 30.7 Å². The number of nitrogens with two attached hydrogens (primary N) is 1. The maximum absolute atomic E-state index is 12.8. The Hall–Kier alpha value is -2.75. The van der Waals surface area contributed by atoms with Gasteiger partial charge in [0.2, 0.25) is 0 Å². The van der Waals surface area contributed by atoms with Crippen molar-refractivity contribution in [2.75, 3.05) is 0 Å². The third-order valence-corrected chi connectivity index (χ3v) is 4.27. The van der Waals surface area contributed by atoms with Gasteiger partial charge in [-0.25, -0.2) is 4.68 Å². The van der Waals surface area contributed by atoms with Crippen molar-refractivity contribution in [2.24, 2.45) is 5.73 Å². The van der Waals surface area contributed by atoms with Crippen molar-refractivity contribution >= 4 is 0 Å². The molecule has 3 aromatic rings. The fraction of sp³-hybridized carbons (Fsp3) is 0.333. The van der Waals surface area contributed by atoms with Crippen LogP contribution in [0.2, 0.25) is 0 Å². The van der Waals surface area contributed by atoms with Crippen molar-refractivity contribution < 1.29 is 17.7 Å². The summed E-state index contributed by atoms with van der Waals surface area (Å²) in [7, 11) is 0. The zero-order valence-corrected chi connectivity index (χ0v) is 12.9. The highest BCUT2D eigenvalue weighted by atomic mass is 19.4. The lowest BCUT2D eigenvalue weighted by molar-refractivity contribution is -0.137. The highest BCUT2D eigenvalue weighted by Gasteiger charge is 2.39. The Morgan fingerprint density at radius 2 is 2.04 bits per heavy atom. The first-order chi connectivity index (χ1) is 11.9. The number of aromatic nitrogens is 5. The third-order valence-electron chi connectivity index (χ3n) is 4.27. The number of hydrogen-bond acceptors (Lipinski definition) is 6. The van der Waals surface area contributed by atoms with Crippen molar-refractivity contribution in [1.82, 2.24) is 25.1 Å². The van der Waals surface area contributed by atoms with Crippen LogP contribution in [0.15, 0.2) is 35.0 Å². The standard InChI is InChI=1S/C15H13F3N6O/c16-15(17,18)9-3-1-4-10(7-9)24-8-11(21-23-24)12-20-13(22-25-12)14(19)5-2-6-14/h1,3-4,7-8H,2,5-6,19H2. The van der Waals surface area contributed by atoms with Gasteiger partial charge in [0.25, 0.3) is 5.89 Å². The molecule has 1 saturated carbocycles. The molecule has 0 spiro atoms. The predicted octanol–water partition coefficient (Wildman–Crippen LogP) is 2.67. The molecule has 0 saturated heterocycles. The summed E-state index contributed by atoms with van der Waals surface area (Å²) in [5, 5.41) is 11.6. The second-order valence-electron chi connectivity index (χ2n) is 6.03. The molecule has 0 unspecified atom stereocenters. The zero-order chi connectivity index (χ0) is 17.7. The van der Waals surface area contributed by atoms with Gasteiger partial charge in [-0.2, -0.15) is 18.2 Å². The molecule has 1 aromatic carbocycles. The van der Waals surface area contributed by atoms with Crippen molar-refractivity contribution in [3.63, 3.8) is 0 Å². The molecule has 0 atom stereocenters. The van der Waals surface area contributed by atoms with Crippen LogP contribution in [-0.2, 0) is 11.7 Å². The smallest absolute Gasteiger partial charge is 0.332 e. The maximum atomic E-state index is 12.8. The van der Waals surface area contributed by atoms with Gasteiger partial charge in [0, 0.05) is 0 Å². The summed E-state index contributed by atoms with van der Waals surface area (Å²) in [6, 6.07) is 4.78. The quantitative estimate of drug-likeness (QED) is 0.780.